The molecule has 0 saturated heterocycles. The molecule has 0 fully saturated rings. The first-order chi connectivity index (χ1) is 20.2. The molecule has 9 nitrogen and oxygen atoms in total. The van der Waals surface area contributed by atoms with Crippen LogP contribution >= 0.6 is 0 Å². The Balaban J connectivity index is 1.61. The van der Waals surface area contributed by atoms with Crippen molar-refractivity contribution in [2.24, 2.45) is 0 Å². The predicted octanol–water partition coefficient (Wildman–Crippen LogP) is 2.26. The van der Waals surface area contributed by atoms with Gasteiger partial charge in [-0.3, -0.25) is 24.0 Å². The normalized spacial score (nSPS) is 18.1. The van der Waals surface area contributed by atoms with Gasteiger partial charge in [0.15, 0.2) is 0 Å². The van der Waals surface area contributed by atoms with Gasteiger partial charge in [-0.25, -0.2) is 0 Å². The number of carbonyl (C=O) groups is 5. The van der Waals surface area contributed by atoms with Crippen molar-refractivity contribution in [2.75, 3.05) is 7.05 Å². The Morgan fingerprint density at radius 2 is 1.48 bits per heavy atom. The molecule has 4 rings (SSSR count). The summed E-state index contributed by atoms with van der Waals surface area (Å²) in [6.45, 7) is 1.56. The standard InChI is InChI=1S/C33H36N4O5/c1-21-31(40)36-27(32(41)37-28(30(39)33(42)34-2)20-22-8-4-3-5-9-22)16-14-23-10-6-12-25(18-23)26-13-7-11-24(19-26)15-17-29(38)35-21/h3-13,18-19,21,27-28H,14-17,20H2,1-2H3,(H,34,42)(H,35,38)(H,36,40)(H,37,41)/t21-,27-,28-/m0/s1. The van der Waals surface area contributed by atoms with Gasteiger partial charge in [0, 0.05) is 19.9 Å². The van der Waals surface area contributed by atoms with Crippen molar-refractivity contribution in [1.29, 1.82) is 0 Å². The van der Waals surface area contributed by atoms with Gasteiger partial charge in [0.1, 0.15) is 18.1 Å². The van der Waals surface area contributed by atoms with Gasteiger partial charge in [0.2, 0.25) is 23.5 Å². The van der Waals surface area contributed by atoms with Crippen molar-refractivity contribution in [3.8, 4) is 11.1 Å². The van der Waals surface area contributed by atoms with Crippen LogP contribution in [0, 0.1) is 0 Å². The number of carbonyl (C=O) groups excluding carboxylic acids is 5. The lowest BCUT2D eigenvalue weighted by molar-refractivity contribution is -0.140. The van der Waals surface area contributed by atoms with Crippen LogP contribution in [-0.2, 0) is 43.2 Å². The smallest absolute Gasteiger partial charge is 0.289 e. The third kappa shape index (κ3) is 8.13. The third-order valence-corrected chi connectivity index (χ3v) is 7.32. The molecule has 3 atom stereocenters. The van der Waals surface area contributed by atoms with Crippen molar-refractivity contribution in [2.45, 2.75) is 57.2 Å². The number of aryl methyl sites for hydroxylation is 2. The number of benzene rings is 3. The van der Waals surface area contributed by atoms with Crippen LogP contribution < -0.4 is 21.3 Å². The fraction of sp³-hybridized carbons (Fsp3) is 0.303. The highest BCUT2D eigenvalue weighted by atomic mass is 16.2. The van der Waals surface area contributed by atoms with Crippen molar-refractivity contribution in [3.63, 3.8) is 0 Å². The molecule has 1 aliphatic heterocycles. The molecule has 4 amide bonds. The Bertz CT molecular complexity index is 1460. The zero-order chi connectivity index (χ0) is 30.1. The molecule has 3 aromatic rings. The van der Waals surface area contributed by atoms with E-state index in [9.17, 15) is 24.0 Å². The zero-order valence-corrected chi connectivity index (χ0v) is 23.8. The van der Waals surface area contributed by atoms with Gasteiger partial charge < -0.3 is 21.3 Å². The first kappa shape index (κ1) is 30.2. The number of hydrogen-bond acceptors (Lipinski definition) is 5. The summed E-state index contributed by atoms with van der Waals surface area (Å²) in [5, 5.41) is 10.5. The van der Waals surface area contributed by atoms with E-state index in [1.807, 2.05) is 48.5 Å². The lowest BCUT2D eigenvalue weighted by atomic mass is 9.96. The lowest BCUT2D eigenvalue weighted by Gasteiger charge is -2.24. The highest BCUT2D eigenvalue weighted by Crippen LogP contribution is 2.23. The Morgan fingerprint density at radius 3 is 2.12 bits per heavy atom. The monoisotopic (exact) mass is 568 g/mol. The van der Waals surface area contributed by atoms with Gasteiger partial charge in [0.05, 0.1) is 0 Å². The molecule has 0 saturated carbocycles. The van der Waals surface area contributed by atoms with E-state index < -0.39 is 41.6 Å². The minimum absolute atomic E-state index is 0.104. The molecule has 0 radical (unpaired) electrons. The minimum atomic E-state index is -1.13. The second-order valence-corrected chi connectivity index (χ2v) is 10.5. The molecule has 4 bridgehead atoms. The quantitative estimate of drug-likeness (QED) is 0.339. The molecular weight excluding hydrogens is 532 g/mol. The molecule has 9 heteroatoms. The summed E-state index contributed by atoms with van der Waals surface area (Å²) in [6.07, 6.45) is 1.51. The van der Waals surface area contributed by atoms with Crippen LogP contribution in [0.3, 0.4) is 0 Å². The van der Waals surface area contributed by atoms with Crippen LogP contribution in [0.2, 0.25) is 0 Å². The number of nitrogens with one attached hydrogen (secondary N) is 4. The first-order valence-corrected chi connectivity index (χ1v) is 14.1. The Hall–Kier alpha value is -4.79. The average molecular weight is 569 g/mol. The van der Waals surface area contributed by atoms with Crippen LogP contribution in [0.1, 0.15) is 36.5 Å². The Morgan fingerprint density at radius 1 is 0.833 bits per heavy atom. The van der Waals surface area contributed by atoms with Gasteiger partial charge in [-0.05, 0) is 54.0 Å². The second kappa shape index (κ2) is 14.2. The minimum Gasteiger partial charge on any atom is -0.353 e. The number of Topliss-reactive ketones (excluding diaryl/α,β-unsaturated/α-hetero) is 1. The summed E-state index contributed by atoms with van der Waals surface area (Å²) in [5.74, 6) is -3.01. The van der Waals surface area contributed by atoms with E-state index in [-0.39, 0.29) is 25.2 Å². The van der Waals surface area contributed by atoms with Crippen molar-refractivity contribution < 1.29 is 24.0 Å². The molecule has 0 aliphatic carbocycles. The molecule has 42 heavy (non-hydrogen) atoms. The van der Waals surface area contributed by atoms with Crippen LogP contribution in [-0.4, -0.2) is 54.6 Å². The largest absolute Gasteiger partial charge is 0.353 e. The van der Waals surface area contributed by atoms with Gasteiger partial charge in [0.25, 0.3) is 5.91 Å². The van der Waals surface area contributed by atoms with E-state index in [1.54, 1.807) is 31.2 Å². The van der Waals surface area contributed by atoms with Crippen LogP contribution in [0.25, 0.3) is 11.1 Å². The third-order valence-electron chi connectivity index (χ3n) is 7.32. The number of likely N-dealkylation sites (N-methyl/N-ethyl adjacent to an activating group) is 1. The molecule has 1 aliphatic rings. The fourth-order valence-corrected chi connectivity index (χ4v) is 4.94. The molecule has 0 aromatic heterocycles. The van der Waals surface area contributed by atoms with E-state index >= 15 is 0 Å². The molecular formula is C33H36N4O5. The van der Waals surface area contributed by atoms with Gasteiger partial charge in [-0.15, -0.1) is 0 Å². The molecule has 218 valence electrons. The maximum atomic E-state index is 13.6. The molecule has 3 aromatic carbocycles. The highest BCUT2D eigenvalue weighted by Gasteiger charge is 2.31. The Labute approximate surface area is 245 Å². The van der Waals surface area contributed by atoms with Crippen LogP contribution in [0.5, 0.6) is 0 Å². The van der Waals surface area contributed by atoms with Crippen LogP contribution in [0.4, 0.5) is 0 Å². The van der Waals surface area contributed by atoms with E-state index in [1.165, 1.54) is 7.05 Å². The summed E-state index contributed by atoms with van der Waals surface area (Å²) in [4.78, 5) is 64.5. The number of ketones is 1. The van der Waals surface area contributed by atoms with Gasteiger partial charge in [-0.1, -0.05) is 78.9 Å². The fourth-order valence-electron chi connectivity index (χ4n) is 4.94. The maximum Gasteiger partial charge on any atom is 0.289 e. The number of fused-ring (bicyclic) bond motifs is 5. The number of hydrogen-bond donors (Lipinski definition) is 4. The van der Waals surface area contributed by atoms with E-state index in [4.69, 9.17) is 0 Å². The van der Waals surface area contributed by atoms with E-state index in [0.29, 0.717) is 12.8 Å². The van der Waals surface area contributed by atoms with Crippen LogP contribution in [0.15, 0.2) is 78.9 Å². The summed E-state index contributed by atoms with van der Waals surface area (Å²) in [7, 11) is 1.35. The number of rotatable bonds is 6. The average Bonchev–Trinajstić information content (AvgIpc) is 3.01. The lowest BCUT2D eigenvalue weighted by Crippen LogP contribution is -2.56. The highest BCUT2D eigenvalue weighted by molar-refractivity contribution is 6.38. The van der Waals surface area contributed by atoms with Gasteiger partial charge in [-0.2, -0.15) is 0 Å². The summed E-state index contributed by atoms with van der Waals surface area (Å²) >= 11 is 0. The Kier molecular flexibility index (Phi) is 10.2. The van der Waals surface area contributed by atoms with E-state index in [0.717, 1.165) is 27.8 Å². The molecule has 4 N–H and O–H groups in total. The summed E-state index contributed by atoms with van der Waals surface area (Å²) in [5.41, 5.74) is 4.78. The SMILES string of the molecule is CNC(=O)C(=O)[C@H](Cc1ccccc1)NC(=O)[C@@H]1CCc2cccc(c2)-c2cccc(c2)CCC(=O)N[C@@H](C)C(=O)N1. The number of amides is 4. The zero-order valence-electron chi connectivity index (χ0n) is 23.8. The second-order valence-electron chi connectivity index (χ2n) is 10.5. The summed E-state index contributed by atoms with van der Waals surface area (Å²) < 4.78 is 0. The molecule has 1 heterocycles. The first-order valence-electron chi connectivity index (χ1n) is 14.1. The predicted molar refractivity (Wildman–Crippen MR) is 159 cm³/mol. The van der Waals surface area contributed by atoms with Gasteiger partial charge >= 0.3 is 0 Å². The van der Waals surface area contributed by atoms with Crippen molar-refractivity contribution in [1.82, 2.24) is 21.3 Å². The van der Waals surface area contributed by atoms with Crippen molar-refractivity contribution in [3.05, 3.63) is 95.6 Å². The maximum absolute atomic E-state index is 13.6. The topological polar surface area (TPSA) is 133 Å². The molecule has 0 spiro atoms. The molecule has 0 unspecified atom stereocenters. The van der Waals surface area contributed by atoms with Crippen molar-refractivity contribution >= 4 is 29.4 Å². The van der Waals surface area contributed by atoms with E-state index in [2.05, 4.69) is 27.3 Å². The summed E-state index contributed by atoms with van der Waals surface area (Å²) in [6, 6.07) is 22.0.